The van der Waals surface area contributed by atoms with Crippen LogP contribution in [0, 0.1) is 0 Å². The van der Waals surface area contributed by atoms with Gasteiger partial charge in [-0.05, 0) is 52.8 Å². The lowest BCUT2D eigenvalue weighted by Gasteiger charge is -2.27. The van der Waals surface area contributed by atoms with E-state index in [1.54, 1.807) is 0 Å². The predicted octanol–water partition coefficient (Wildman–Crippen LogP) is 5.09. The van der Waals surface area contributed by atoms with Gasteiger partial charge in [-0.2, -0.15) is 0 Å². The number of fused-ring (bicyclic) bond motifs is 2. The number of carbonyl (C=O) groups excluding carboxylic acids is 2. The maximum Gasteiger partial charge on any atom is 0.247 e. The van der Waals surface area contributed by atoms with E-state index >= 15 is 0 Å². The topological polar surface area (TPSA) is 86.0 Å². The molecule has 5 rings (SSSR count). The number of anilines is 1. The zero-order chi connectivity index (χ0) is 25.1. The van der Waals surface area contributed by atoms with Crippen LogP contribution in [-0.2, 0) is 29.0 Å². The lowest BCUT2D eigenvalue weighted by Crippen LogP contribution is -2.53. The summed E-state index contributed by atoms with van der Waals surface area (Å²) in [4.78, 5) is 30.0. The van der Waals surface area contributed by atoms with Gasteiger partial charge >= 0.3 is 0 Å². The molecule has 192 valence electrons. The van der Waals surface area contributed by atoms with E-state index in [0.717, 1.165) is 16.5 Å². The molecule has 7 heteroatoms. The SMILES string of the molecule is CC(C)c1ccc(NC(=O)[C@H](Cc2c[nH]c3ccccc23)NC(=O)[C@@H]2Cc3ccccc3CN2)cc1.Cl. The Labute approximate surface area is 223 Å². The first-order valence-corrected chi connectivity index (χ1v) is 12.5. The molecule has 1 aliphatic heterocycles. The standard InChI is InChI=1S/C30H32N4O2.ClH/c1-19(2)20-11-13-24(14-12-20)33-30(36)28(16-23-18-31-26-10-6-5-9-25(23)26)34-29(35)27-15-21-7-3-4-8-22(21)17-32-27;/h3-14,18-19,27-28,31-32H,15-17H2,1-2H3,(H,33,36)(H,34,35);1H/t27-,28-;/m0./s1. The first-order valence-electron chi connectivity index (χ1n) is 12.5. The molecule has 2 heterocycles. The summed E-state index contributed by atoms with van der Waals surface area (Å²) in [6.07, 6.45) is 2.90. The van der Waals surface area contributed by atoms with E-state index in [4.69, 9.17) is 0 Å². The quantitative estimate of drug-likeness (QED) is 0.276. The van der Waals surface area contributed by atoms with Crippen molar-refractivity contribution in [1.82, 2.24) is 15.6 Å². The van der Waals surface area contributed by atoms with Crippen molar-refractivity contribution in [3.05, 3.63) is 101 Å². The number of benzene rings is 3. The predicted molar refractivity (Wildman–Crippen MR) is 151 cm³/mol. The van der Waals surface area contributed by atoms with Crippen molar-refractivity contribution in [3.63, 3.8) is 0 Å². The summed E-state index contributed by atoms with van der Waals surface area (Å²) < 4.78 is 0. The van der Waals surface area contributed by atoms with Crippen molar-refractivity contribution >= 4 is 40.8 Å². The number of halogens is 1. The Morgan fingerprint density at radius 2 is 1.65 bits per heavy atom. The summed E-state index contributed by atoms with van der Waals surface area (Å²) in [5, 5.41) is 10.4. The number of rotatable bonds is 7. The van der Waals surface area contributed by atoms with Crippen LogP contribution < -0.4 is 16.0 Å². The summed E-state index contributed by atoms with van der Waals surface area (Å²) in [6.45, 7) is 4.91. The van der Waals surface area contributed by atoms with Gasteiger partial charge < -0.3 is 20.9 Å². The van der Waals surface area contributed by atoms with Crippen molar-refractivity contribution in [3.8, 4) is 0 Å². The van der Waals surface area contributed by atoms with E-state index in [-0.39, 0.29) is 30.3 Å². The third-order valence-corrected chi connectivity index (χ3v) is 6.97. The van der Waals surface area contributed by atoms with Gasteiger partial charge in [0.1, 0.15) is 6.04 Å². The molecule has 37 heavy (non-hydrogen) atoms. The van der Waals surface area contributed by atoms with Gasteiger partial charge in [0.15, 0.2) is 0 Å². The zero-order valence-corrected chi connectivity index (χ0v) is 21.9. The van der Waals surface area contributed by atoms with E-state index in [1.165, 1.54) is 16.7 Å². The Morgan fingerprint density at radius 3 is 2.41 bits per heavy atom. The molecule has 0 aliphatic carbocycles. The maximum atomic E-state index is 13.5. The van der Waals surface area contributed by atoms with Gasteiger partial charge in [0, 0.05) is 35.8 Å². The highest BCUT2D eigenvalue weighted by Gasteiger charge is 2.29. The summed E-state index contributed by atoms with van der Waals surface area (Å²) in [6, 6.07) is 22.9. The van der Waals surface area contributed by atoms with Crippen LogP contribution in [-0.4, -0.2) is 28.9 Å². The largest absolute Gasteiger partial charge is 0.361 e. The summed E-state index contributed by atoms with van der Waals surface area (Å²) in [5.74, 6) is 0.0126. The van der Waals surface area contributed by atoms with Gasteiger partial charge in [0.2, 0.25) is 11.8 Å². The number of hydrogen-bond donors (Lipinski definition) is 4. The van der Waals surface area contributed by atoms with Crippen molar-refractivity contribution in [2.75, 3.05) is 5.32 Å². The molecule has 6 nitrogen and oxygen atoms in total. The van der Waals surface area contributed by atoms with Crippen LogP contribution in [0.15, 0.2) is 79.0 Å². The second-order valence-corrected chi connectivity index (χ2v) is 9.80. The zero-order valence-electron chi connectivity index (χ0n) is 21.1. The van der Waals surface area contributed by atoms with E-state index in [9.17, 15) is 9.59 Å². The molecule has 3 aromatic carbocycles. The second kappa shape index (κ2) is 11.6. The lowest BCUT2D eigenvalue weighted by molar-refractivity contribution is -0.128. The van der Waals surface area contributed by atoms with Gasteiger partial charge in [-0.25, -0.2) is 0 Å². The fourth-order valence-electron chi connectivity index (χ4n) is 4.82. The highest BCUT2D eigenvalue weighted by atomic mass is 35.5. The number of amides is 2. The fourth-order valence-corrected chi connectivity index (χ4v) is 4.82. The summed E-state index contributed by atoms with van der Waals surface area (Å²) in [7, 11) is 0. The molecule has 1 aromatic heterocycles. The van der Waals surface area contributed by atoms with Crippen molar-refractivity contribution in [1.29, 1.82) is 0 Å². The number of aromatic nitrogens is 1. The third-order valence-electron chi connectivity index (χ3n) is 6.97. The molecular weight excluding hydrogens is 484 g/mol. The van der Waals surface area contributed by atoms with E-state index in [1.807, 2.05) is 66.9 Å². The molecule has 0 unspecified atom stereocenters. The van der Waals surface area contributed by atoms with Crippen molar-refractivity contribution < 1.29 is 9.59 Å². The Balaban J connectivity index is 0.00000320. The van der Waals surface area contributed by atoms with Gasteiger partial charge in [-0.15, -0.1) is 12.4 Å². The van der Waals surface area contributed by atoms with Crippen LogP contribution in [0.1, 0.15) is 42.0 Å². The van der Waals surface area contributed by atoms with Crippen LogP contribution in [0.4, 0.5) is 5.69 Å². The Kier molecular flexibility index (Phi) is 8.31. The number of carbonyl (C=O) groups is 2. The first-order chi connectivity index (χ1) is 17.5. The van der Waals surface area contributed by atoms with E-state index in [2.05, 4.69) is 46.9 Å². The monoisotopic (exact) mass is 516 g/mol. The molecule has 4 aromatic rings. The highest BCUT2D eigenvalue weighted by molar-refractivity contribution is 5.98. The molecule has 2 amide bonds. The minimum atomic E-state index is -0.722. The Hall–Kier alpha value is -3.61. The fraction of sp³-hybridized carbons (Fsp3) is 0.267. The number of aromatic amines is 1. The third kappa shape index (κ3) is 6.04. The van der Waals surface area contributed by atoms with Crippen LogP contribution >= 0.6 is 12.4 Å². The normalized spacial score (nSPS) is 15.5. The van der Waals surface area contributed by atoms with Gasteiger partial charge in [-0.1, -0.05) is 68.4 Å². The second-order valence-electron chi connectivity index (χ2n) is 9.80. The number of nitrogens with one attached hydrogen (secondary N) is 4. The average Bonchev–Trinajstić information content (AvgIpc) is 3.31. The lowest BCUT2D eigenvalue weighted by atomic mass is 9.95. The average molecular weight is 517 g/mol. The first kappa shape index (κ1) is 26.5. The van der Waals surface area contributed by atoms with Crippen LogP contribution in [0.3, 0.4) is 0 Å². The number of para-hydroxylation sites is 1. The molecule has 0 radical (unpaired) electrons. The minimum absolute atomic E-state index is 0. The number of hydrogen-bond acceptors (Lipinski definition) is 3. The Bertz CT molecular complexity index is 1380. The summed E-state index contributed by atoms with van der Waals surface area (Å²) >= 11 is 0. The molecule has 4 N–H and O–H groups in total. The van der Waals surface area contributed by atoms with Gasteiger partial charge in [-0.3, -0.25) is 9.59 Å². The molecule has 0 fully saturated rings. The van der Waals surface area contributed by atoms with Crippen molar-refractivity contribution in [2.45, 2.75) is 51.2 Å². The maximum absolute atomic E-state index is 13.5. The van der Waals surface area contributed by atoms with Gasteiger partial charge in [0.25, 0.3) is 0 Å². The molecular formula is C30H33ClN4O2. The number of H-pyrrole nitrogens is 1. The van der Waals surface area contributed by atoms with Gasteiger partial charge in [0.05, 0.1) is 6.04 Å². The van der Waals surface area contributed by atoms with Crippen LogP contribution in [0.2, 0.25) is 0 Å². The van der Waals surface area contributed by atoms with Crippen molar-refractivity contribution in [2.24, 2.45) is 0 Å². The molecule has 0 saturated carbocycles. The molecule has 0 saturated heterocycles. The van der Waals surface area contributed by atoms with Crippen LogP contribution in [0.5, 0.6) is 0 Å². The molecule has 1 aliphatic rings. The Morgan fingerprint density at radius 1 is 0.946 bits per heavy atom. The highest BCUT2D eigenvalue weighted by Crippen LogP contribution is 2.21. The summed E-state index contributed by atoms with van der Waals surface area (Å²) in [5.41, 5.74) is 6.29. The molecule has 2 atom stereocenters. The smallest absolute Gasteiger partial charge is 0.247 e. The minimum Gasteiger partial charge on any atom is -0.361 e. The van der Waals surface area contributed by atoms with E-state index in [0.29, 0.717) is 31.0 Å². The molecule has 0 spiro atoms. The van der Waals surface area contributed by atoms with E-state index < -0.39 is 6.04 Å². The van der Waals surface area contributed by atoms with Crippen LogP contribution in [0.25, 0.3) is 10.9 Å². The molecule has 0 bridgehead atoms.